The Hall–Kier alpha value is -2.02. The zero-order chi connectivity index (χ0) is 26.3. The van der Waals surface area contributed by atoms with Crippen molar-refractivity contribution in [1.82, 2.24) is 15.1 Å². The topological polar surface area (TPSA) is 65.0 Å². The smallest absolute Gasteiger partial charge is 0.325 e. The number of likely N-dealkylation sites (N-methyl/N-ethyl adjacent to an activating group) is 1. The van der Waals surface area contributed by atoms with E-state index < -0.39 is 12.2 Å². The lowest BCUT2D eigenvalue weighted by atomic mass is 10.0. The van der Waals surface area contributed by atoms with Crippen molar-refractivity contribution >= 4 is 28.9 Å². The van der Waals surface area contributed by atoms with Crippen molar-refractivity contribution in [2.45, 2.75) is 115 Å². The molecule has 3 amide bonds. The predicted molar refractivity (Wildman–Crippen MR) is 156 cm³/mol. The molecule has 1 aromatic rings. The molecule has 0 radical (unpaired) electrons. The number of carbonyl (C=O) groups excluding carboxylic acids is 2. The molecule has 1 aromatic carbocycles. The lowest BCUT2D eigenvalue weighted by Crippen LogP contribution is -2.63. The van der Waals surface area contributed by atoms with Gasteiger partial charge >= 0.3 is 6.03 Å². The molecular weight excluding hydrogens is 480 g/mol. The molecule has 0 spiro atoms. The van der Waals surface area contributed by atoms with Crippen molar-refractivity contribution in [1.29, 1.82) is 0 Å². The van der Waals surface area contributed by atoms with Crippen molar-refractivity contribution in [2.24, 2.45) is 4.99 Å². The fourth-order valence-corrected chi connectivity index (χ4v) is 6.31. The number of amidine groups is 1. The Bertz CT molecular complexity index is 847. The van der Waals surface area contributed by atoms with Gasteiger partial charge in [-0.3, -0.25) is 10.1 Å². The summed E-state index contributed by atoms with van der Waals surface area (Å²) in [6.45, 7) is 3.09. The maximum atomic E-state index is 12.7. The number of imide groups is 1. The Morgan fingerprint density at radius 3 is 2.00 bits per heavy atom. The average Bonchev–Trinajstić information content (AvgIpc) is 3.27. The number of hydrogen-bond donors (Lipinski definition) is 1. The van der Waals surface area contributed by atoms with Crippen LogP contribution in [0.2, 0.25) is 0 Å². The summed E-state index contributed by atoms with van der Waals surface area (Å²) in [5, 5.41) is 3.41. The Morgan fingerprint density at radius 1 is 0.838 bits per heavy atom. The molecule has 2 unspecified atom stereocenters. The van der Waals surface area contributed by atoms with Gasteiger partial charge in [-0.15, -0.1) is 0 Å². The highest BCUT2D eigenvalue weighted by molar-refractivity contribution is 8.13. The number of hydrogen-bond acceptors (Lipinski definition) is 5. The van der Waals surface area contributed by atoms with Crippen LogP contribution in [-0.2, 0) is 11.2 Å². The molecule has 2 aliphatic heterocycles. The summed E-state index contributed by atoms with van der Waals surface area (Å²) in [5.41, 5.74) is 1.30. The summed E-state index contributed by atoms with van der Waals surface area (Å²) < 4.78 is 0. The Morgan fingerprint density at radius 2 is 1.41 bits per heavy atom. The van der Waals surface area contributed by atoms with Gasteiger partial charge in [0, 0.05) is 19.3 Å². The number of thioether (sulfide) groups is 1. The summed E-state index contributed by atoms with van der Waals surface area (Å²) in [4.78, 5) is 33.5. The van der Waals surface area contributed by atoms with Crippen molar-refractivity contribution in [3.63, 3.8) is 0 Å². The fraction of sp³-hybridized carbons (Fsp3) is 0.700. The normalized spacial score (nSPS) is 19.2. The second kappa shape index (κ2) is 16.7. The highest BCUT2D eigenvalue weighted by Crippen LogP contribution is 2.29. The Balaban J connectivity index is 1.35. The molecule has 0 bridgehead atoms. The van der Waals surface area contributed by atoms with Crippen LogP contribution in [0.15, 0.2) is 35.3 Å². The molecular formula is C30H48N4O2S. The first-order chi connectivity index (χ1) is 18.1. The minimum atomic E-state index is -0.424. The molecule has 0 aromatic heterocycles. The molecule has 1 fully saturated rings. The molecule has 2 aliphatic rings. The van der Waals surface area contributed by atoms with Gasteiger partial charge in [-0.25, -0.2) is 9.79 Å². The first kappa shape index (κ1) is 29.5. The summed E-state index contributed by atoms with van der Waals surface area (Å²) in [6.07, 6.45) is 19.1. The summed E-state index contributed by atoms with van der Waals surface area (Å²) >= 11 is 1.70. The third kappa shape index (κ3) is 9.66. The van der Waals surface area contributed by atoms with Gasteiger partial charge in [0.2, 0.25) is 0 Å². The van der Waals surface area contributed by atoms with Crippen molar-refractivity contribution < 1.29 is 9.59 Å². The highest BCUT2D eigenvalue weighted by atomic mass is 32.2. The Kier molecular flexibility index (Phi) is 13.4. The fourth-order valence-electron chi connectivity index (χ4n) is 5.24. The van der Waals surface area contributed by atoms with Crippen LogP contribution in [0.25, 0.3) is 0 Å². The summed E-state index contributed by atoms with van der Waals surface area (Å²) in [6, 6.07) is 9.67. The van der Waals surface area contributed by atoms with Crippen LogP contribution in [0, 0.1) is 0 Å². The lowest BCUT2D eigenvalue weighted by molar-refractivity contribution is -0.127. The van der Waals surface area contributed by atoms with Gasteiger partial charge < -0.3 is 9.80 Å². The quantitative estimate of drug-likeness (QED) is 0.209. The number of fused-ring (bicyclic) bond motifs is 1. The number of benzene rings is 1. The van der Waals surface area contributed by atoms with Crippen LogP contribution in [-0.4, -0.2) is 58.5 Å². The third-order valence-electron chi connectivity index (χ3n) is 7.54. The van der Waals surface area contributed by atoms with Gasteiger partial charge in [-0.2, -0.15) is 0 Å². The van der Waals surface area contributed by atoms with Crippen molar-refractivity contribution in [3.05, 3.63) is 35.9 Å². The van der Waals surface area contributed by atoms with E-state index in [1.165, 1.54) is 89.0 Å². The lowest BCUT2D eigenvalue weighted by Gasteiger charge is -2.36. The number of urea groups is 1. The van der Waals surface area contributed by atoms with E-state index in [1.54, 1.807) is 23.7 Å². The first-order valence-corrected chi connectivity index (χ1v) is 15.7. The number of aliphatic imine (C=N–C) groups is 1. The molecule has 2 heterocycles. The molecule has 1 saturated heterocycles. The number of rotatable bonds is 18. The summed E-state index contributed by atoms with van der Waals surface area (Å²) in [5.74, 6) is 0.678. The summed E-state index contributed by atoms with van der Waals surface area (Å²) in [7, 11) is 1.73. The van der Waals surface area contributed by atoms with E-state index in [0.717, 1.165) is 30.3 Å². The molecule has 3 rings (SSSR count). The minimum absolute atomic E-state index is 0.221. The van der Waals surface area contributed by atoms with Gasteiger partial charge in [0.15, 0.2) is 17.4 Å². The van der Waals surface area contributed by atoms with Gasteiger partial charge in [-0.05, 0) is 18.4 Å². The van der Waals surface area contributed by atoms with E-state index in [1.807, 2.05) is 6.07 Å². The molecule has 0 saturated carbocycles. The maximum Gasteiger partial charge on any atom is 0.325 e. The van der Waals surface area contributed by atoms with Crippen molar-refractivity contribution in [3.8, 4) is 0 Å². The molecule has 6 nitrogen and oxygen atoms in total. The zero-order valence-electron chi connectivity index (χ0n) is 23.1. The number of carbonyl (C=O) groups is 2. The van der Waals surface area contributed by atoms with Crippen molar-refractivity contribution in [2.75, 3.05) is 19.3 Å². The highest BCUT2D eigenvalue weighted by Gasteiger charge is 2.48. The zero-order valence-corrected chi connectivity index (χ0v) is 23.9. The van der Waals surface area contributed by atoms with E-state index in [4.69, 9.17) is 4.99 Å². The van der Waals surface area contributed by atoms with Crippen LogP contribution in [0.3, 0.4) is 0 Å². The molecule has 206 valence electrons. The van der Waals surface area contributed by atoms with Crippen LogP contribution < -0.4 is 5.32 Å². The first-order valence-electron chi connectivity index (χ1n) is 14.7. The van der Waals surface area contributed by atoms with Gasteiger partial charge in [0.05, 0.1) is 0 Å². The van der Waals surface area contributed by atoms with E-state index >= 15 is 0 Å². The van der Waals surface area contributed by atoms with Gasteiger partial charge in [0.1, 0.15) is 0 Å². The van der Waals surface area contributed by atoms with Crippen LogP contribution in [0.5, 0.6) is 0 Å². The maximum absolute atomic E-state index is 12.7. The second-order valence-electron chi connectivity index (χ2n) is 10.5. The van der Waals surface area contributed by atoms with Crippen LogP contribution in [0.4, 0.5) is 4.79 Å². The molecule has 0 aliphatic carbocycles. The number of amides is 3. The molecule has 2 atom stereocenters. The number of aryl methyl sites for hydroxylation is 1. The SMILES string of the molecule is CCCCCCCCCCCCCCCCN1C(SCCc2ccccc2)=NC2C1C(=O)NC(=O)N2C. The van der Waals surface area contributed by atoms with E-state index in [2.05, 4.69) is 41.4 Å². The number of nitrogens with zero attached hydrogens (tertiary/aromatic N) is 3. The van der Waals surface area contributed by atoms with E-state index in [0.29, 0.717) is 0 Å². The Labute approximate surface area is 229 Å². The number of unbranched alkanes of at least 4 members (excludes halogenated alkanes) is 13. The predicted octanol–water partition coefficient (Wildman–Crippen LogP) is 6.99. The van der Waals surface area contributed by atoms with Gasteiger partial charge in [0.25, 0.3) is 5.91 Å². The van der Waals surface area contributed by atoms with E-state index in [-0.39, 0.29) is 11.9 Å². The largest absolute Gasteiger partial charge is 0.336 e. The monoisotopic (exact) mass is 528 g/mol. The van der Waals surface area contributed by atoms with Crippen LogP contribution in [0.1, 0.15) is 102 Å². The number of nitrogens with one attached hydrogen (secondary N) is 1. The molecule has 1 N–H and O–H groups in total. The average molecular weight is 529 g/mol. The second-order valence-corrected chi connectivity index (χ2v) is 11.6. The van der Waals surface area contributed by atoms with Gasteiger partial charge in [-0.1, -0.05) is 132 Å². The van der Waals surface area contributed by atoms with Crippen LogP contribution >= 0.6 is 11.8 Å². The molecule has 7 heteroatoms. The standard InChI is InChI=1S/C30H48N4O2S/c1-3-4-5-6-7-8-9-10-11-12-13-14-15-19-23-34-26-27(33(2)29(36)32-28(26)35)31-30(34)37-24-22-25-20-17-16-18-21-25/h16-18,20-21,26-27H,3-15,19,22-24H2,1-2H3,(H,32,35,36). The minimum Gasteiger partial charge on any atom is -0.336 e. The van der Waals surface area contributed by atoms with E-state index in [9.17, 15) is 9.59 Å². The third-order valence-corrected chi connectivity index (χ3v) is 8.55. The molecule has 37 heavy (non-hydrogen) atoms.